The fraction of sp³-hybridized carbons (Fsp3) is 0.200. The molecule has 4 N–H and O–H groups in total. The summed E-state index contributed by atoms with van der Waals surface area (Å²) in [4.78, 5) is 38.1. The molecule has 2 aromatic rings. The van der Waals surface area contributed by atoms with Crippen molar-refractivity contribution in [1.29, 1.82) is 0 Å². The van der Waals surface area contributed by atoms with Gasteiger partial charge in [-0.1, -0.05) is 0 Å². The van der Waals surface area contributed by atoms with Crippen LogP contribution in [0, 0.1) is 13.8 Å². The number of anilines is 1. The van der Waals surface area contributed by atoms with Gasteiger partial charge in [0.25, 0.3) is 11.5 Å². The summed E-state index contributed by atoms with van der Waals surface area (Å²) in [5.41, 5.74) is 0.116. The smallest absolute Gasteiger partial charge is 0.304 e. The number of aryl methyl sites for hydroxylation is 1. The van der Waals surface area contributed by atoms with E-state index >= 15 is 0 Å². The molecule has 18 heavy (non-hydrogen) atoms. The molecule has 8 heteroatoms. The van der Waals surface area contributed by atoms with Crippen LogP contribution < -0.4 is 16.6 Å². The number of carbonyl (C=O) groups excluding carboxylic acids is 1. The monoisotopic (exact) mass is 249 g/mol. The Labute approximate surface area is 100 Å². The van der Waals surface area contributed by atoms with Crippen LogP contribution in [0.25, 0.3) is 0 Å². The summed E-state index contributed by atoms with van der Waals surface area (Å²) in [6.45, 7) is 3.60. The Hall–Kier alpha value is -2.64. The first-order valence-electron chi connectivity index (χ1n) is 5.14. The van der Waals surface area contributed by atoms with Gasteiger partial charge in [0, 0.05) is 17.3 Å². The third-order valence-corrected chi connectivity index (χ3v) is 2.49. The molecule has 2 rings (SSSR count). The number of nitrogens with zero attached hydrogens (tertiary/aromatic N) is 1. The highest BCUT2D eigenvalue weighted by Gasteiger charge is 2.12. The quantitative estimate of drug-likeness (QED) is 0.581. The molecule has 2 aromatic heterocycles. The number of hydrogen-bond donors (Lipinski definition) is 4. The van der Waals surface area contributed by atoms with Crippen molar-refractivity contribution in [2.75, 3.05) is 5.32 Å². The Kier molecular flexibility index (Phi) is 2.84. The first-order valence-corrected chi connectivity index (χ1v) is 5.14. The van der Waals surface area contributed by atoms with Gasteiger partial charge in [-0.05, 0) is 13.8 Å². The highest BCUT2D eigenvalue weighted by molar-refractivity contribution is 6.02. The zero-order chi connectivity index (χ0) is 13.3. The molecule has 0 saturated carbocycles. The molecule has 0 aliphatic carbocycles. The van der Waals surface area contributed by atoms with Gasteiger partial charge in [-0.2, -0.15) is 5.10 Å². The molecule has 0 aliphatic rings. The molecule has 1 amide bonds. The second kappa shape index (κ2) is 4.32. The summed E-state index contributed by atoms with van der Waals surface area (Å²) in [5.74, 6) is -0.244. The molecule has 0 spiro atoms. The van der Waals surface area contributed by atoms with Crippen LogP contribution in [-0.2, 0) is 0 Å². The predicted molar refractivity (Wildman–Crippen MR) is 63.7 cm³/mol. The van der Waals surface area contributed by atoms with E-state index in [9.17, 15) is 14.4 Å². The molecule has 0 aliphatic heterocycles. The van der Waals surface area contributed by atoms with Crippen LogP contribution >= 0.6 is 0 Å². The summed E-state index contributed by atoms with van der Waals surface area (Å²) < 4.78 is 0. The van der Waals surface area contributed by atoms with Crippen molar-refractivity contribution in [2.24, 2.45) is 0 Å². The lowest BCUT2D eigenvalue weighted by Gasteiger charge is -2.02. The summed E-state index contributed by atoms with van der Waals surface area (Å²) in [5, 5.41) is 9.10. The Morgan fingerprint density at radius 3 is 2.56 bits per heavy atom. The topological polar surface area (TPSA) is 123 Å². The van der Waals surface area contributed by atoms with E-state index in [1.807, 2.05) is 11.9 Å². The minimum atomic E-state index is -0.734. The molecule has 0 bridgehead atoms. The maximum atomic E-state index is 11.8. The highest BCUT2D eigenvalue weighted by atomic mass is 16.2. The van der Waals surface area contributed by atoms with Crippen LogP contribution in [0.1, 0.15) is 21.7 Å². The minimum absolute atomic E-state index is 0.121. The molecule has 0 fully saturated rings. The van der Waals surface area contributed by atoms with Gasteiger partial charge < -0.3 is 10.3 Å². The van der Waals surface area contributed by atoms with Crippen LogP contribution in [0.5, 0.6) is 0 Å². The van der Waals surface area contributed by atoms with E-state index < -0.39 is 17.2 Å². The average Bonchev–Trinajstić information content (AvgIpc) is 2.59. The van der Waals surface area contributed by atoms with E-state index in [0.29, 0.717) is 5.82 Å². The first-order chi connectivity index (χ1) is 8.47. The summed E-state index contributed by atoms with van der Waals surface area (Å²) in [6, 6.07) is 1.01. The zero-order valence-corrected chi connectivity index (χ0v) is 9.75. The van der Waals surface area contributed by atoms with E-state index in [1.54, 1.807) is 6.92 Å². The molecule has 2 heterocycles. The zero-order valence-electron chi connectivity index (χ0n) is 9.75. The molecule has 0 unspecified atom stereocenters. The van der Waals surface area contributed by atoms with Crippen molar-refractivity contribution in [3.8, 4) is 0 Å². The summed E-state index contributed by atoms with van der Waals surface area (Å²) in [6.07, 6.45) is 0. The second-order valence-electron chi connectivity index (χ2n) is 3.78. The van der Waals surface area contributed by atoms with Crippen molar-refractivity contribution >= 4 is 11.7 Å². The maximum Gasteiger partial charge on any atom is 0.326 e. The number of nitrogens with one attached hydrogen (secondary N) is 4. The lowest BCUT2D eigenvalue weighted by molar-refractivity contribution is 0.102. The molecular weight excluding hydrogens is 238 g/mol. The van der Waals surface area contributed by atoms with E-state index in [4.69, 9.17) is 0 Å². The number of aromatic amines is 3. The Balaban J connectivity index is 2.30. The van der Waals surface area contributed by atoms with E-state index in [1.165, 1.54) is 0 Å². The fourth-order valence-corrected chi connectivity index (χ4v) is 1.37. The molecule has 0 aromatic carbocycles. The molecule has 94 valence electrons. The first kappa shape index (κ1) is 11.8. The molecule has 0 radical (unpaired) electrons. The lowest BCUT2D eigenvalue weighted by atomic mass is 10.2. The summed E-state index contributed by atoms with van der Waals surface area (Å²) >= 11 is 0. The Morgan fingerprint density at radius 2 is 2.00 bits per heavy atom. The third-order valence-electron chi connectivity index (χ3n) is 2.49. The number of amides is 1. The fourth-order valence-electron chi connectivity index (χ4n) is 1.37. The number of H-pyrrole nitrogens is 3. The van der Waals surface area contributed by atoms with Gasteiger partial charge in [-0.25, -0.2) is 4.79 Å². The number of hydrogen-bond acceptors (Lipinski definition) is 4. The van der Waals surface area contributed by atoms with Crippen LogP contribution in [0.3, 0.4) is 0 Å². The van der Waals surface area contributed by atoms with Gasteiger partial charge in [0.05, 0.1) is 0 Å². The van der Waals surface area contributed by atoms with Gasteiger partial charge in [-0.15, -0.1) is 0 Å². The molecular formula is C10H11N5O3. The molecule has 0 atom stereocenters. The van der Waals surface area contributed by atoms with Gasteiger partial charge in [0.1, 0.15) is 5.69 Å². The van der Waals surface area contributed by atoms with Crippen molar-refractivity contribution in [1.82, 2.24) is 20.2 Å². The van der Waals surface area contributed by atoms with Gasteiger partial charge in [0.15, 0.2) is 5.82 Å². The maximum absolute atomic E-state index is 11.8. The van der Waals surface area contributed by atoms with Crippen LogP contribution in [0.15, 0.2) is 15.7 Å². The van der Waals surface area contributed by atoms with Crippen molar-refractivity contribution in [3.05, 3.63) is 43.9 Å². The largest absolute Gasteiger partial charge is 0.326 e. The van der Waals surface area contributed by atoms with Crippen molar-refractivity contribution in [2.45, 2.75) is 13.8 Å². The summed E-state index contributed by atoms with van der Waals surface area (Å²) in [7, 11) is 0. The van der Waals surface area contributed by atoms with E-state index in [-0.39, 0.29) is 5.69 Å². The standard InChI is InChI=1S/C10H11N5O3/c1-4-5(2)14-15-8(4)13-9(17)6-3-7(16)12-10(18)11-6/h3H,1-2H3,(H2,11,12,16,18)(H2,13,14,15,17). The van der Waals surface area contributed by atoms with Crippen molar-refractivity contribution in [3.63, 3.8) is 0 Å². The number of rotatable bonds is 2. The van der Waals surface area contributed by atoms with Crippen molar-refractivity contribution < 1.29 is 4.79 Å². The van der Waals surface area contributed by atoms with Crippen LogP contribution in [0.2, 0.25) is 0 Å². The number of carbonyl (C=O) groups is 1. The van der Waals surface area contributed by atoms with Gasteiger partial charge >= 0.3 is 5.69 Å². The lowest BCUT2D eigenvalue weighted by Crippen LogP contribution is -2.27. The van der Waals surface area contributed by atoms with Gasteiger partial charge in [-0.3, -0.25) is 19.7 Å². The van der Waals surface area contributed by atoms with Gasteiger partial charge in [0.2, 0.25) is 0 Å². The third kappa shape index (κ3) is 2.21. The van der Waals surface area contributed by atoms with E-state index in [2.05, 4.69) is 20.5 Å². The predicted octanol–water partition coefficient (Wildman–Crippen LogP) is -0.345. The average molecular weight is 249 g/mol. The van der Waals surface area contributed by atoms with Crippen LogP contribution in [-0.4, -0.2) is 26.1 Å². The Bertz CT molecular complexity index is 681. The van der Waals surface area contributed by atoms with Crippen LogP contribution in [0.4, 0.5) is 5.82 Å². The Morgan fingerprint density at radius 1 is 1.28 bits per heavy atom. The normalized spacial score (nSPS) is 10.3. The minimum Gasteiger partial charge on any atom is -0.304 e. The molecule has 8 nitrogen and oxygen atoms in total. The molecule has 0 saturated heterocycles. The number of aromatic nitrogens is 4. The SMILES string of the molecule is Cc1[nH]nc(NC(=O)c2cc(=O)[nH]c(=O)[nH]2)c1C. The highest BCUT2D eigenvalue weighted by Crippen LogP contribution is 2.13. The second-order valence-corrected chi connectivity index (χ2v) is 3.78. The van der Waals surface area contributed by atoms with E-state index in [0.717, 1.165) is 17.3 Å².